The van der Waals surface area contributed by atoms with Crippen LogP contribution in [0.5, 0.6) is 0 Å². The Labute approximate surface area is 111 Å². The van der Waals surface area contributed by atoms with E-state index in [4.69, 9.17) is 0 Å². The second-order valence-electron chi connectivity index (χ2n) is 5.39. The number of hydrogen-bond acceptors (Lipinski definition) is 3. The number of pyridine rings is 1. The van der Waals surface area contributed by atoms with Crippen LogP contribution in [0.1, 0.15) is 37.7 Å². The zero-order chi connectivity index (χ0) is 12.6. The van der Waals surface area contributed by atoms with E-state index in [2.05, 4.69) is 28.3 Å². The first-order chi connectivity index (χ1) is 8.84. The highest BCUT2D eigenvalue weighted by atomic mass is 15.1. The molecule has 0 atom stereocenters. The molecule has 2 rings (SSSR count). The highest BCUT2D eigenvalue weighted by Gasteiger charge is 2.13. The fraction of sp³-hybridized carbons (Fsp3) is 0.667. The van der Waals surface area contributed by atoms with Gasteiger partial charge >= 0.3 is 0 Å². The fourth-order valence-electron chi connectivity index (χ4n) is 2.67. The molecule has 0 radical (unpaired) electrons. The molecule has 1 heterocycles. The summed E-state index contributed by atoms with van der Waals surface area (Å²) < 4.78 is 0. The summed E-state index contributed by atoms with van der Waals surface area (Å²) in [6.07, 6.45) is 10.6. The summed E-state index contributed by atoms with van der Waals surface area (Å²) in [6, 6.07) is 4.94. The first-order valence-electron chi connectivity index (χ1n) is 7.15. The van der Waals surface area contributed by atoms with E-state index in [-0.39, 0.29) is 0 Å². The van der Waals surface area contributed by atoms with Crippen LogP contribution in [0.4, 0.5) is 0 Å². The van der Waals surface area contributed by atoms with Gasteiger partial charge < -0.3 is 10.2 Å². The number of nitrogens with zero attached hydrogens (tertiary/aromatic N) is 2. The summed E-state index contributed by atoms with van der Waals surface area (Å²) >= 11 is 0. The van der Waals surface area contributed by atoms with Crippen LogP contribution in [0.3, 0.4) is 0 Å². The third-order valence-corrected chi connectivity index (χ3v) is 3.68. The molecule has 0 aliphatic heterocycles. The fourth-order valence-corrected chi connectivity index (χ4v) is 2.67. The molecule has 1 aliphatic carbocycles. The van der Waals surface area contributed by atoms with Crippen molar-refractivity contribution >= 4 is 0 Å². The average Bonchev–Trinajstić information content (AvgIpc) is 2.89. The lowest BCUT2D eigenvalue weighted by Gasteiger charge is -2.17. The van der Waals surface area contributed by atoms with Gasteiger partial charge in [0.25, 0.3) is 0 Å². The second kappa shape index (κ2) is 7.49. The molecular formula is C15H25N3. The molecule has 18 heavy (non-hydrogen) atoms. The van der Waals surface area contributed by atoms with Crippen LogP contribution in [0.2, 0.25) is 0 Å². The van der Waals surface area contributed by atoms with Crippen molar-refractivity contribution in [3.05, 3.63) is 30.1 Å². The number of rotatable bonds is 7. The molecule has 0 aromatic carbocycles. The Bertz CT molecular complexity index is 320. The second-order valence-corrected chi connectivity index (χ2v) is 5.39. The monoisotopic (exact) mass is 247 g/mol. The number of nitrogens with one attached hydrogen (secondary N) is 1. The Balaban J connectivity index is 1.55. The van der Waals surface area contributed by atoms with Gasteiger partial charge in [-0.15, -0.1) is 0 Å². The van der Waals surface area contributed by atoms with Crippen molar-refractivity contribution in [2.75, 3.05) is 20.1 Å². The van der Waals surface area contributed by atoms with Crippen molar-refractivity contribution in [2.45, 2.75) is 44.7 Å². The summed E-state index contributed by atoms with van der Waals surface area (Å²) in [5.41, 5.74) is 1.30. The molecule has 1 fully saturated rings. The summed E-state index contributed by atoms with van der Waals surface area (Å²) in [6.45, 7) is 3.30. The first-order valence-corrected chi connectivity index (χ1v) is 7.15. The van der Waals surface area contributed by atoms with Crippen LogP contribution in [-0.2, 0) is 6.54 Å². The maximum atomic E-state index is 4.15. The van der Waals surface area contributed by atoms with Crippen molar-refractivity contribution in [3.63, 3.8) is 0 Å². The maximum absolute atomic E-state index is 4.15. The van der Waals surface area contributed by atoms with E-state index < -0.39 is 0 Å². The minimum Gasteiger partial charge on any atom is -0.314 e. The Kier molecular flexibility index (Phi) is 5.62. The lowest BCUT2D eigenvalue weighted by molar-refractivity contribution is 0.316. The van der Waals surface area contributed by atoms with Gasteiger partial charge in [-0.2, -0.15) is 0 Å². The van der Waals surface area contributed by atoms with Crippen LogP contribution < -0.4 is 5.32 Å². The van der Waals surface area contributed by atoms with Gasteiger partial charge in [0.2, 0.25) is 0 Å². The third kappa shape index (κ3) is 4.75. The predicted octanol–water partition coefficient (Wildman–Crippen LogP) is 2.44. The van der Waals surface area contributed by atoms with Gasteiger partial charge in [0, 0.05) is 25.0 Å². The van der Waals surface area contributed by atoms with Crippen LogP contribution in [0.15, 0.2) is 24.5 Å². The van der Waals surface area contributed by atoms with Gasteiger partial charge in [-0.05, 0) is 51.0 Å². The Morgan fingerprint density at radius 1 is 1.39 bits per heavy atom. The predicted molar refractivity (Wildman–Crippen MR) is 75.4 cm³/mol. The summed E-state index contributed by atoms with van der Waals surface area (Å²) in [5.74, 6) is 0. The minimum absolute atomic E-state index is 0.800. The lowest BCUT2D eigenvalue weighted by atomic mass is 10.2. The number of aromatic nitrogens is 1. The summed E-state index contributed by atoms with van der Waals surface area (Å²) in [4.78, 5) is 6.52. The average molecular weight is 247 g/mol. The smallest absolute Gasteiger partial charge is 0.0312 e. The highest BCUT2D eigenvalue weighted by Crippen LogP contribution is 2.17. The van der Waals surface area contributed by atoms with E-state index in [1.54, 1.807) is 0 Å². The van der Waals surface area contributed by atoms with Crippen molar-refractivity contribution in [1.29, 1.82) is 0 Å². The van der Waals surface area contributed by atoms with Gasteiger partial charge in [0.1, 0.15) is 0 Å². The molecule has 1 aromatic heterocycles. The van der Waals surface area contributed by atoms with Gasteiger partial charge in [-0.3, -0.25) is 4.98 Å². The third-order valence-electron chi connectivity index (χ3n) is 3.68. The van der Waals surface area contributed by atoms with Crippen molar-refractivity contribution in [2.24, 2.45) is 0 Å². The zero-order valence-corrected chi connectivity index (χ0v) is 11.4. The molecule has 100 valence electrons. The molecule has 1 aromatic rings. The topological polar surface area (TPSA) is 28.2 Å². The molecule has 0 unspecified atom stereocenters. The van der Waals surface area contributed by atoms with Crippen LogP contribution in [-0.4, -0.2) is 36.1 Å². The standard InChI is InChI=1S/C15H25N3/c1-18(13-14-6-4-9-16-12-14)11-5-10-17-15-7-2-3-8-15/h4,6,9,12,15,17H,2-3,5,7-8,10-11,13H2,1H3. The number of hydrogen-bond donors (Lipinski definition) is 1. The molecule has 0 bridgehead atoms. The molecule has 1 aliphatic rings. The first kappa shape index (κ1) is 13.5. The van der Waals surface area contributed by atoms with Gasteiger partial charge in [-0.1, -0.05) is 18.9 Å². The quantitative estimate of drug-likeness (QED) is 0.750. The Morgan fingerprint density at radius 2 is 2.22 bits per heavy atom. The SMILES string of the molecule is CN(CCCNC1CCCC1)Cc1cccnc1. The van der Waals surface area contributed by atoms with Gasteiger partial charge in [0.15, 0.2) is 0 Å². The molecule has 3 heteroatoms. The van der Waals surface area contributed by atoms with Crippen LogP contribution in [0.25, 0.3) is 0 Å². The molecule has 0 spiro atoms. The Morgan fingerprint density at radius 3 is 2.94 bits per heavy atom. The summed E-state index contributed by atoms with van der Waals surface area (Å²) in [5, 5.41) is 3.66. The highest BCUT2D eigenvalue weighted by molar-refractivity contribution is 5.07. The lowest BCUT2D eigenvalue weighted by Crippen LogP contribution is -2.29. The van der Waals surface area contributed by atoms with Gasteiger partial charge in [-0.25, -0.2) is 0 Å². The van der Waals surface area contributed by atoms with E-state index in [1.807, 2.05) is 18.5 Å². The molecule has 0 saturated heterocycles. The van der Waals surface area contributed by atoms with Crippen LogP contribution in [0, 0.1) is 0 Å². The molecule has 0 amide bonds. The van der Waals surface area contributed by atoms with E-state index in [9.17, 15) is 0 Å². The van der Waals surface area contributed by atoms with Crippen molar-refractivity contribution in [3.8, 4) is 0 Å². The minimum atomic E-state index is 0.800. The Hall–Kier alpha value is -0.930. The van der Waals surface area contributed by atoms with Gasteiger partial charge in [0.05, 0.1) is 0 Å². The largest absolute Gasteiger partial charge is 0.314 e. The van der Waals surface area contributed by atoms with E-state index in [0.717, 1.165) is 25.7 Å². The normalized spacial score (nSPS) is 16.6. The van der Waals surface area contributed by atoms with Crippen LogP contribution >= 0.6 is 0 Å². The molecular weight excluding hydrogens is 222 g/mol. The van der Waals surface area contributed by atoms with E-state index in [1.165, 1.54) is 37.7 Å². The molecule has 1 N–H and O–H groups in total. The zero-order valence-electron chi connectivity index (χ0n) is 11.4. The van der Waals surface area contributed by atoms with Crippen molar-refractivity contribution in [1.82, 2.24) is 15.2 Å². The maximum Gasteiger partial charge on any atom is 0.0312 e. The van der Waals surface area contributed by atoms with E-state index >= 15 is 0 Å². The molecule has 3 nitrogen and oxygen atoms in total. The summed E-state index contributed by atoms with van der Waals surface area (Å²) in [7, 11) is 2.18. The van der Waals surface area contributed by atoms with E-state index in [0.29, 0.717) is 0 Å². The molecule has 1 saturated carbocycles. The van der Waals surface area contributed by atoms with Crippen molar-refractivity contribution < 1.29 is 0 Å².